The summed E-state index contributed by atoms with van der Waals surface area (Å²) >= 11 is 12.1. The van der Waals surface area contributed by atoms with Crippen molar-refractivity contribution in [3.8, 4) is 5.75 Å². The molecule has 2 heterocycles. The topological polar surface area (TPSA) is 77.2 Å². The van der Waals surface area contributed by atoms with Crippen molar-refractivity contribution in [1.29, 1.82) is 0 Å². The number of aromatic nitrogens is 2. The lowest BCUT2D eigenvalue weighted by Crippen LogP contribution is -2.26. The number of pyridine rings is 1. The third-order valence-electron chi connectivity index (χ3n) is 4.53. The number of carbonyl (C=O) groups excluding carboxylic acids is 1. The lowest BCUT2D eigenvalue weighted by molar-refractivity contribution is 0.0934. The molecule has 6 nitrogen and oxygen atoms in total. The molecule has 0 radical (unpaired) electrons. The Kier molecular flexibility index (Phi) is 5.88. The summed E-state index contributed by atoms with van der Waals surface area (Å²) in [5, 5.41) is 4.91. The zero-order valence-corrected chi connectivity index (χ0v) is 17.4. The number of nitrogens with one attached hydrogen (secondary N) is 1. The first-order valence-corrected chi connectivity index (χ1v) is 9.93. The molecule has 8 heteroatoms. The molecular weight excluding hydrogens is 425 g/mol. The monoisotopic (exact) mass is 441 g/mol. The Morgan fingerprint density at radius 2 is 1.97 bits per heavy atom. The fraction of sp³-hybridized carbons (Fsp3) is 0.136. The summed E-state index contributed by atoms with van der Waals surface area (Å²) in [5.41, 5.74) is 1.75. The first-order valence-electron chi connectivity index (χ1n) is 9.18. The van der Waals surface area contributed by atoms with Gasteiger partial charge in [-0.05, 0) is 48.9 Å². The van der Waals surface area contributed by atoms with E-state index in [4.69, 9.17) is 32.4 Å². The predicted octanol–water partition coefficient (Wildman–Crippen LogP) is 5.60. The van der Waals surface area contributed by atoms with Crippen LogP contribution in [0.3, 0.4) is 0 Å². The van der Waals surface area contributed by atoms with E-state index in [9.17, 15) is 4.79 Å². The molecule has 0 spiro atoms. The van der Waals surface area contributed by atoms with Crippen LogP contribution in [0.1, 0.15) is 34.9 Å². The van der Waals surface area contributed by atoms with Crippen LogP contribution >= 0.6 is 23.2 Å². The van der Waals surface area contributed by atoms with Gasteiger partial charge >= 0.3 is 0 Å². The summed E-state index contributed by atoms with van der Waals surface area (Å²) in [7, 11) is 0. The number of oxazole rings is 1. The summed E-state index contributed by atoms with van der Waals surface area (Å²) in [6.07, 6.45) is 2.97. The molecule has 4 aromatic rings. The van der Waals surface area contributed by atoms with E-state index in [0.717, 1.165) is 10.9 Å². The highest BCUT2D eigenvalue weighted by molar-refractivity contribution is 6.35. The van der Waals surface area contributed by atoms with Gasteiger partial charge in [-0.15, -0.1) is 0 Å². The SMILES string of the molecule is C[C@@H](NC(=O)c1coc(COc2ccc(Cl)c3cccnc23)n1)c1ccc(Cl)cc1. The molecule has 0 fully saturated rings. The van der Waals surface area contributed by atoms with Crippen molar-refractivity contribution in [3.63, 3.8) is 0 Å². The molecule has 2 aromatic carbocycles. The predicted molar refractivity (Wildman–Crippen MR) is 115 cm³/mol. The van der Waals surface area contributed by atoms with E-state index in [1.807, 2.05) is 31.2 Å². The highest BCUT2D eigenvalue weighted by atomic mass is 35.5. The van der Waals surface area contributed by atoms with Crippen LogP contribution in [0.15, 0.2) is 65.4 Å². The fourth-order valence-electron chi connectivity index (χ4n) is 2.95. The lowest BCUT2D eigenvalue weighted by Gasteiger charge is -2.13. The van der Waals surface area contributed by atoms with Crippen molar-refractivity contribution in [2.45, 2.75) is 19.6 Å². The Morgan fingerprint density at radius 1 is 1.17 bits per heavy atom. The number of nitrogens with zero attached hydrogens (tertiary/aromatic N) is 2. The van der Waals surface area contributed by atoms with Crippen molar-refractivity contribution in [1.82, 2.24) is 15.3 Å². The quantitative estimate of drug-likeness (QED) is 0.421. The second-order valence-electron chi connectivity index (χ2n) is 6.61. The molecular formula is C22H17Cl2N3O3. The van der Waals surface area contributed by atoms with Gasteiger partial charge in [0.1, 0.15) is 17.5 Å². The molecule has 0 aliphatic heterocycles. The second-order valence-corrected chi connectivity index (χ2v) is 7.45. The van der Waals surface area contributed by atoms with Gasteiger partial charge in [0.15, 0.2) is 12.3 Å². The standard InChI is InChI=1S/C22H17Cl2N3O3/c1-13(14-4-6-15(23)7-5-14)26-22(28)18-11-30-20(27-18)12-29-19-9-8-17(24)16-3-2-10-25-21(16)19/h2-11,13H,12H2,1H3,(H,26,28)/t13-/m1/s1. The van der Waals surface area contributed by atoms with Gasteiger partial charge in [0, 0.05) is 16.6 Å². The van der Waals surface area contributed by atoms with E-state index in [0.29, 0.717) is 21.3 Å². The summed E-state index contributed by atoms with van der Waals surface area (Å²) in [6, 6.07) is 14.2. The van der Waals surface area contributed by atoms with E-state index >= 15 is 0 Å². The van der Waals surface area contributed by atoms with Crippen molar-refractivity contribution in [2.75, 3.05) is 0 Å². The maximum Gasteiger partial charge on any atom is 0.273 e. The van der Waals surface area contributed by atoms with Crippen LogP contribution in [-0.2, 0) is 6.61 Å². The number of carbonyl (C=O) groups is 1. The third-order valence-corrected chi connectivity index (χ3v) is 5.11. The Bertz CT molecular complexity index is 1190. The smallest absolute Gasteiger partial charge is 0.273 e. The van der Waals surface area contributed by atoms with Crippen LogP contribution in [0.25, 0.3) is 10.9 Å². The zero-order valence-electron chi connectivity index (χ0n) is 15.9. The van der Waals surface area contributed by atoms with Crippen molar-refractivity contribution in [3.05, 3.63) is 88.2 Å². The van der Waals surface area contributed by atoms with Crippen LogP contribution < -0.4 is 10.1 Å². The van der Waals surface area contributed by atoms with Gasteiger partial charge in [-0.3, -0.25) is 9.78 Å². The maximum absolute atomic E-state index is 12.5. The lowest BCUT2D eigenvalue weighted by atomic mass is 10.1. The number of ether oxygens (including phenoxy) is 1. The summed E-state index contributed by atoms with van der Waals surface area (Å²) < 4.78 is 11.2. The summed E-state index contributed by atoms with van der Waals surface area (Å²) in [6.45, 7) is 1.93. The van der Waals surface area contributed by atoms with Crippen LogP contribution in [0, 0.1) is 0 Å². The Labute approximate surface area is 182 Å². The summed E-state index contributed by atoms with van der Waals surface area (Å²) in [4.78, 5) is 21.0. The molecule has 1 amide bonds. The number of hydrogen-bond acceptors (Lipinski definition) is 5. The molecule has 30 heavy (non-hydrogen) atoms. The second kappa shape index (κ2) is 8.73. The number of hydrogen-bond donors (Lipinski definition) is 1. The zero-order chi connectivity index (χ0) is 21.1. The Morgan fingerprint density at radius 3 is 2.77 bits per heavy atom. The number of halogens is 2. The van der Waals surface area contributed by atoms with Gasteiger partial charge in [0.2, 0.25) is 5.89 Å². The average molecular weight is 442 g/mol. The maximum atomic E-state index is 12.5. The van der Waals surface area contributed by atoms with Gasteiger partial charge in [0.25, 0.3) is 5.91 Å². The van der Waals surface area contributed by atoms with E-state index in [1.165, 1.54) is 6.26 Å². The van der Waals surface area contributed by atoms with Crippen LogP contribution in [0.4, 0.5) is 0 Å². The van der Waals surface area contributed by atoms with Gasteiger partial charge in [-0.2, -0.15) is 0 Å². The average Bonchev–Trinajstić information content (AvgIpc) is 3.23. The Balaban J connectivity index is 1.41. The van der Waals surface area contributed by atoms with Crippen molar-refractivity contribution >= 4 is 40.0 Å². The molecule has 0 aliphatic rings. The normalized spacial score (nSPS) is 12.0. The summed E-state index contributed by atoms with van der Waals surface area (Å²) in [5.74, 6) is 0.486. The van der Waals surface area contributed by atoms with Crippen molar-refractivity contribution < 1.29 is 13.9 Å². The minimum Gasteiger partial charge on any atom is -0.482 e. The van der Waals surface area contributed by atoms with Gasteiger partial charge in [-0.1, -0.05) is 35.3 Å². The number of benzene rings is 2. The molecule has 1 atom stereocenters. The molecule has 4 rings (SSSR count). The molecule has 2 aromatic heterocycles. The number of rotatable bonds is 6. The van der Waals surface area contributed by atoms with E-state index in [2.05, 4.69) is 15.3 Å². The minimum atomic E-state index is -0.342. The molecule has 0 bridgehead atoms. The molecule has 0 unspecified atom stereocenters. The molecule has 0 saturated carbocycles. The molecule has 1 N–H and O–H groups in total. The van der Waals surface area contributed by atoms with Gasteiger partial charge in [0.05, 0.1) is 11.1 Å². The van der Waals surface area contributed by atoms with Crippen LogP contribution in [0.5, 0.6) is 5.75 Å². The van der Waals surface area contributed by atoms with E-state index in [1.54, 1.807) is 30.5 Å². The van der Waals surface area contributed by atoms with Crippen LogP contribution in [-0.4, -0.2) is 15.9 Å². The van der Waals surface area contributed by atoms with Crippen LogP contribution in [0.2, 0.25) is 10.0 Å². The minimum absolute atomic E-state index is 0.0489. The van der Waals surface area contributed by atoms with E-state index < -0.39 is 0 Å². The highest BCUT2D eigenvalue weighted by Crippen LogP contribution is 2.30. The third kappa shape index (κ3) is 4.40. The molecule has 0 saturated heterocycles. The van der Waals surface area contributed by atoms with Gasteiger partial charge in [-0.25, -0.2) is 4.98 Å². The van der Waals surface area contributed by atoms with E-state index in [-0.39, 0.29) is 30.1 Å². The van der Waals surface area contributed by atoms with Gasteiger partial charge < -0.3 is 14.5 Å². The Hall–Kier alpha value is -3.09. The highest BCUT2D eigenvalue weighted by Gasteiger charge is 2.16. The molecule has 0 aliphatic carbocycles. The molecule has 152 valence electrons. The number of amides is 1. The first kappa shape index (κ1) is 20.2. The first-order chi connectivity index (χ1) is 14.5. The largest absolute Gasteiger partial charge is 0.482 e. The fourth-order valence-corrected chi connectivity index (χ4v) is 3.30. The number of fused-ring (bicyclic) bond motifs is 1. The van der Waals surface area contributed by atoms with Crippen molar-refractivity contribution in [2.24, 2.45) is 0 Å².